The lowest BCUT2D eigenvalue weighted by Crippen LogP contribution is -2.56. The van der Waals surface area contributed by atoms with E-state index in [9.17, 15) is 4.79 Å². The molecule has 0 bridgehead atoms. The van der Waals surface area contributed by atoms with Gasteiger partial charge in [-0.2, -0.15) is 0 Å². The number of rotatable bonds is 2. The molecule has 3 saturated heterocycles. The summed E-state index contributed by atoms with van der Waals surface area (Å²) >= 11 is 0. The van der Waals surface area contributed by atoms with Crippen molar-refractivity contribution in [2.24, 2.45) is 17.3 Å². The number of aromatic nitrogens is 1. The highest BCUT2D eigenvalue weighted by Crippen LogP contribution is 2.41. The molecule has 1 aromatic rings. The topological polar surface area (TPSA) is 90.1 Å². The zero-order chi connectivity index (χ0) is 17.6. The van der Waals surface area contributed by atoms with E-state index < -0.39 is 0 Å². The average Bonchev–Trinajstić information content (AvgIpc) is 3.21. The van der Waals surface area contributed by atoms with Gasteiger partial charge >= 0.3 is 0 Å². The van der Waals surface area contributed by atoms with Crippen LogP contribution in [0.1, 0.15) is 45.2 Å². The maximum atomic E-state index is 12.3. The summed E-state index contributed by atoms with van der Waals surface area (Å²) in [4.78, 5) is 16.5. The Balaban J connectivity index is 1.58. The number of hydrogen-bond donors (Lipinski definition) is 5. The minimum Gasteiger partial charge on any atom is -0.339 e. The van der Waals surface area contributed by atoms with E-state index in [1.165, 1.54) is 0 Å². The second-order valence-electron chi connectivity index (χ2n) is 8.59. The number of pyridine rings is 1. The monoisotopic (exact) mass is 344 g/mol. The van der Waals surface area contributed by atoms with E-state index in [0.717, 1.165) is 12.0 Å². The molecule has 7 nitrogen and oxygen atoms in total. The first-order chi connectivity index (χ1) is 11.9. The van der Waals surface area contributed by atoms with Gasteiger partial charge in [0.15, 0.2) is 0 Å². The van der Waals surface area contributed by atoms with Crippen LogP contribution in [0.25, 0.3) is 0 Å². The maximum absolute atomic E-state index is 12.3. The predicted molar refractivity (Wildman–Crippen MR) is 94.7 cm³/mol. The highest BCUT2D eigenvalue weighted by molar-refractivity contribution is 5.77. The first-order valence-electron chi connectivity index (χ1n) is 9.15. The quantitative estimate of drug-likeness (QED) is 0.540. The molecule has 136 valence electrons. The molecular formula is C18H28N6O. The van der Waals surface area contributed by atoms with Crippen LogP contribution in [0.2, 0.25) is 0 Å². The highest BCUT2D eigenvalue weighted by atomic mass is 16.2. The van der Waals surface area contributed by atoms with Gasteiger partial charge in [0.2, 0.25) is 5.91 Å². The normalized spacial score (nSPS) is 38.4. The molecule has 0 saturated carbocycles. The number of carbonyl (C=O) groups is 1. The zero-order valence-electron chi connectivity index (χ0n) is 15.0. The van der Waals surface area contributed by atoms with E-state index in [0.29, 0.717) is 12.5 Å². The van der Waals surface area contributed by atoms with Crippen LogP contribution in [0.5, 0.6) is 0 Å². The van der Waals surface area contributed by atoms with Crippen molar-refractivity contribution in [2.75, 3.05) is 0 Å². The third-order valence-corrected chi connectivity index (χ3v) is 5.93. The summed E-state index contributed by atoms with van der Waals surface area (Å²) in [7, 11) is 0. The van der Waals surface area contributed by atoms with Crippen LogP contribution in [-0.4, -0.2) is 29.1 Å². The number of fused-ring (bicyclic) bond motifs is 1. The summed E-state index contributed by atoms with van der Waals surface area (Å²) in [5.74, 6) is 0.652. The van der Waals surface area contributed by atoms with Crippen molar-refractivity contribution in [2.45, 2.75) is 57.9 Å². The molecule has 0 aliphatic carbocycles. The first-order valence-corrected chi connectivity index (χ1v) is 9.15. The number of amides is 1. The molecule has 5 N–H and O–H groups in total. The minimum absolute atomic E-state index is 0.0491. The molecule has 25 heavy (non-hydrogen) atoms. The number of hydrazine groups is 2. The van der Waals surface area contributed by atoms with E-state index in [1.54, 1.807) is 6.20 Å². The average molecular weight is 344 g/mol. The Morgan fingerprint density at radius 1 is 1.16 bits per heavy atom. The predicted octanol–water partition coefficient (Wildman–Crippen LogP) is 0.590. The van der Waals surface area contributed by atoms with E-state index >= 15 is 0 Å². The van der Waals surface area contributed by atoms with Crippen LogP contribution in [0.15, 0.2) is 24.5 Å². The standard InChI is InChI=1S/C18H28N6O/c1-18(2,3)13-8-12(21-22-13)11-7-14(25)20-17-15(11)16(23-24-17)10-5-4-6-19-9-10/h4-6,9,11-13,15-17,21-24H,7-8H2,1-3H3,(H,20,25). The fourth-order valence-electron chi connectivity index (χ4n) is 4.48. The van der Waals surface area contributed by atoms with Crippen molar-refractivity contribution in [3.05, 3.63) is 30.1 Å². The van der Waals surface area contributed by atoms with E-state index in [-0.39, 0.29) is 41.4 Å². The lowest BCUT2D eigenvalue weighted by atomic mass is 9.72. The zero-order valence-corrected chi connectivity index (χ0v) is 15.0. The molecule has 1 amide bonds. The van der Waals surface area contributed by atoms with Crippen LogP contribution in [0, 0.1) is 17.3 Å². The van der Waals surface area contributed by atoms with Gasteiger partial charge in [-0.05, 0) is 29.4 Å². The fraction of sp³-hybridized carbons (Fsp3) is 0.667. The molecule has 3 aliphatic heterocycles. The summed E-state index contributed by atoms with van der Waals surface area (Å²) < 4.78 is 0. The third kappa shape index (κ3) is 3.17. The van der Waals surface area contributed by atoms with E-state index in [1.807, 2.05) is 12.3 Å². The van der Waals surface area contributed by atoms with Gasteiger partial charge < -0.3 is 5.32 Å². The molecule has 0 aromatic carbocycles. The second kappa shape index (κ2) is 6.32. The van der Waals surface area contributed by atoms with Crippen molar-refractivity contribution in [1.29, 1.82) is 0 Å². The number of nitrogens with one attached hydrogen (secondary N) is 5. The Labute approximate surface area is 148 Å². The van der Waals surface area contributed by atoms with Crippen molar-refractivity contribution in [3.8, 4) is 0 Å². The molecule has 3 fully saturated rings. The van der Waals surface area contributed by atoms with Crippen LogP contribution in [0.3, 0.4) is 0 Å². The summed E-state index contributed by atoms with van der Waals surface area (Å²) in [6.45, 7) is 6.76. The summed E-state index contributed by atoms with van der Waals surface area (Å²) in [5.41, 5.74) is 14.9. The lowest BCUT2D eigenvalue weighted by molar-refractivity contribution is -0.126. The molecule has 3 aliphatic rings. The van der Waals surface area contributed by atoms with Crippen molar-refractivity contribution in [3.63, 3.8) is 0 Å². The smallest absolute Gasteiger partial charge is 0.221 e. The van der Waals surface area contributed by atoms with Gasteiger partial charge in [-0.15, -0.1) is 0 Å². The molecule has 4 rings (SSSR count). The Morgan fingerprint density at radius 2 is 2.00 bits per heavy atom. The molecular weight excluding hydrogens is 316 g/mol. The van der Waals surface area contributed by atoms with Gasteiger partial charge in [-0.25, -0.2) is 10.9 Å². The Morgan fingerprint density at radius 3 is 2.68 bits per heavy atom. The highest BCUT2D eigenvalue weighted by Gasteiger charge is 2.50. The van der Waals surface area contributed by atoms with Crippen molar-refractivity contribution in [1.82, 2.24) is 32.0 Å². The van der Waals surface area contributed by atoms with Gasteiger partial charge in [0.05, 0.1) is 12.2 Å². The van der Waals surface area contributed by atoms with Crippen molar-refractivity contribution >= 4 is 5.91 Å². The number of piperidine rings is 1. The van der Waals surface area contributed by atoms with Gasteiger partial charge in [-0.1, -0.05) is 26.8 Å². The van der Waals surface area contributed by atoms with Crippen LogP contribution in [0.4, 0.5) is 0 Å². The van der Waals surface area contributed by atoms with Gasteiger partial charge in [0.1, 0.15) is 0 Å². The summed E-state index contributed by atoms with van der Waals surface area (Å²) in [6, 6.07) is 4.88. The van der Waals surface area contributed by atoms with Gasteiger partial charge in [0, 0.05) is 36.8 Å². The first kappa shape index (κ1) is 16.9. The Hall–Kier alpha value is -1.54. The SMILES string of the molecule is CC(C)(C)C1CC(C2CC(=O)NC3NNC(c4cccnc4)C32)NN1. The fourth-order valence-corrected chi connectivity index (χ4v) is 4.48. The van der Waals surface area contributed by atoms with Crippen LogP contribution < -0.4 is 27.0 Å². The molecule has 6 unspecified atom stereocenters. The summed E-state index contributed by atoms with van der Waals surface area (Å²) in [6.07, 6.45) is 5.24. The summed E-state index contributed by atoms with van der Waals surface area (Å²) in [5, 5.41) is 3.09. The van der Waals surface area contributed by atoms with Gasteiger partial charge in [0.25, 0.3) is 0 Å². The number of hydrogen-bond acceptors (Lipinski definition) is 6. The molecule has 0 radical (unpaired) electrons. The molecule has 7 heteroatoms. The number of nitrogens with zero attached hydrogens (tertiary/aromatic N) is 1. The van der Waals surface area contributed by atoms with Crippen molar-refractivity contribution < 1.29 is 4.79 Å². The molecule has 1 aromatic heterocycles. The van der Waals surface area contributed by atoms with Crippen LogP contribution in [-0.2, 0) is 4.79 Å². The Kier molecular flexibility index (Phi) is 4.27. The second-order valence-corrected chi connectivity index (χ2v) is 8.59. The molecule has 0 spiro atoms. The molecule has 4 heterocycles. The molecule has 6 atom stereocenters. The number of carbonyl (C=O) groups excluding carboxylic acids is 1. The largest absolute Gasteiger partial charge is 0.339 e. The van der Waals surface area contributed by atoms with Crippen LogP contribution >= 0.6 is 0 Å². The van der Waals surface area contributed by atoms with E-state index in [2.05, 4.69) is 58.8 Å². The Bertz CT molecular complexity index is 630. The van der Waals surface area contributed by atoms with Gasteiger partial charge in [-0.3, -0.25) is 20.6 Å². The maximum Gasteiger partial charge on any atom is 0.221 e. The third-order valence-electron chi connectivity index (χ3n) is 5.93. The van der Waals surface area contributed by atoms with E-state index in [4.69, 9.17) is 0 Å². The lowest BCUT2D eigenvalue weighted by Gasteiger charge is -2.38. The minimum atomic E-state index is -0.0491.